The molecule has 0 saturated heterocycles. The number of carbonyl (C=O) groups is 1. The summed E-state index contributed by atoms with van der Waals surface area (Å²) in [5.41, 5.74) is 2.83. The molecule has 0 amide bonds. The molecule has 0 radical (unpaired) electrons. The first-order valence-corrected chi connectivity index (χ1v) is 11.9. The van der Waals surface area contributed by atoms with Gasteiger partial charge in [-0.05, 0) is 53.8 Å². The highest BCUT2D eigenvalue weighted by molar-refractivity contribution is 7.93. The van der Waals surface area contributed by atoms with E-state index in [1.165, 1.54) is 30.6 Å². The summed E-state index contributed by atoms with van der Waals surface area (Å²) in [5.74, 6) is -0.819. The Morgan fingerprint density at radius 1 is 1.13 bits per heavy atom. The molecule has 4 aromatic rings. The molecule has 2 aromatic carbocycles. The van der Waals surface area contributed by atoms with Gasteiger partial charge in [0.15, 0.2) is 0 Å². The van der Waals surface area contributed by atoms with Gasteiger partial charge in [-0.25, -0.2) is 12.8 Å². The van der Waals surface area contributed by atoms with Gasteiger partial charge in [0.1, 0.15) is 16.6 Å². The molecule has 5 nitrogen and oxygen atoms in total. The van der Waals surface area contributed by atoms with Crippen LogP contribution in [-0.2, 0) is 32.3 Å². The zero-order valence-corrected chi connectivity index (χ0v) is 18.6. The van der Waals surface area contributed by atoms with E-state index in [1.54, 1.807) is 52.4 Å². The first-order chi connectivity index (χ1) is 14.8. The number of hydrogen-bond donors (Lipinski definition) is 0. The van der Waals surface area contributed by atoms with E-state index in [4.69, 9.17) is 4.74 Å². The van der Waals surface area contributed by atoms with Gasteiger partial charge in [-0.3, -0.25) is 4.79 Å². The molecule has 0 bridgehead atoms. The molecule has 160 valence electrons. The van der Waals surface area contributed by atoms with Gasteiger partial charge >= 0.3 is 5.97 Å². The van der Waals surface area contributed by atoms with Crippen LogP contribution in [0.15, 0.2) is 69.1 Å². The number of fused-ring (bicyclic) bond motifs is 1. The van der Waals surface area contributed by atoms with E-state index in [2.05, 4.69) is 0 Å². The smallest absolute Gasteiger partial charge is 0.325 e. The van der Waals surface area contributed by atoms with Crippen LogP contribution in [0, 0.1) is 12.7 Å². The Morgan fingerprint density at radius 3 is 2.61 bits per heavy atom. The van der Waals surface area contributed by atoms with Gasteiger partial charge in [-0.15, -0.1) is 11.3 Å². The van der Waals surface area contributed by atoms with Gasteiger partial charge in [-0.1, -0.05) is 24.3 Å². The quantitative estimate of drug-likeness (QED) is 0.392. The van der Waals surface area contributed by atoms with E-state index >= 15 is 0 Å². The van der Waals surface area contributed by atoms with Crippen LogP contribution in [0.1, 0.15) is 16.8 Å². The molecular formula is C23H20FNO4S2. The van der Waals surface area contributed by atoms with Crippen molar-refractivity contribution in [2.75, 3.05) is 7.11 Å². The molecule has 2 aromatic heterocycles. The predicted molar refractivity (Wildman–Crippen MR) is 118 cm³/mol. The Hall–Kier alpha value is -2.97. The van der Waals surface area contributed by atoms with Crippen molar-refractivity contribution in [2.45, 2.75) is 29.0 Å². The first-order valence-electron chi connectivity index (χ1n) is 9.53. The summed E-state index contributed by atoms with van der Waals surface area (Å²) in [6.45, 7) is 1.83. The lowest BCUT2D eigenvalue weighted by Crippen LogP contribution is -2.13. The minimum Gasteiger partial charge on any atom is -0.468 e. The van der Waals surface area contributed by atoms with Crippen LogP contribution in [0.3, 0.4) is 0 Å². The molecule has 0 unspecified atom stereocenters. The van der Waals surface area contributed by atoms with Crippen molar-refractivity contribution in [3.63, 3.8) is 0 Å². The monoisotopic (exact) mass is 457 g/mol. The van der Waals surface area contributed by atoms with Crippen molar-refractivity contribution < 1.29 is 22.3 Å². The molecule has 0 spiro atoms. The van der Waals surface area contributed by atoms with Gasteiger partial charge in [-0.2, -0.15) is 0 Å². The van der Waals surface area contributed by atoms with E-state index in [-0.39, 0.29) is 22.1 Å². The molecule has 0 aliphatic carbocycles. The highest BCUT2D eigenvalue weighted by Crippen LogP contribution is 2.33. The molecule has 0 aliphatic rings. The first kappa shape index (κ1) is 21.3. The average Bonchev–Trinajstić information content (AvgIpc) is 3.38. The number of methoxy groups -OCH3 is 1. The number of nitrogens with zero attached hydrogens (tertiary/aromatic N) is 1. The Morgan fingerprint density at radius 2 is 1.90 bits per heavy atom. The third kappa shape index (κ3) is 3.88. The van der Waals surface area contributed by atoms with Crippen LogP contribution in [0.5, 0.6) is 0 Å². The van der Waals surface area contributed by atoms with E-state index in [1.807, 2.05) is 6.92 Å². The molecule has 0 atom stereocenters. The van der Waals surface area contributed by atoms with E-state index in [0.29, 0.717) is 16.5 Å². The number of esters is 1. The number of ether oxygens (including phenoxy) is 1. The Balaban J connectivity index is 1.87. The van der Waals surface area contributed by atoms with Gasteiger partial charge in [0.05, 0.1) is 12.0 Å². The Kier molecular flexibility index (Phi) is 5.68. The maximum absolute atomic E-state index is 14.1. The van der Waals surface area contributed by atoms with Crippen molar-refractivity contribution >= 4 is 38.0 Å². The summed E-state index contributed by atoms with van der Waals surface area (Å²) in [5, 5.41) is 2.37. The van der Waals surface area contributed by atoms with Crippen LogP contribution in [0.2, 0.25) is 0 Å². The Labute approximate surface area is 183 Å². The molecule has 4 rings (SSSR count). The lowest BCUT2D eigenvalue weighted by Gasteiger charge is -2.11. The number of halogens is 1. The summed E-state index contributed by atoms with van der Waals surface area (Å²) in [4.78, 5) is 12.2. The lowest BCUT2D eigenvalue weighted by molar-refractivity contribution is -0.141. The predicted octanol–water partition coefficient (Wildman–Crippen LogP) is 4.75. The molecule has 31 heavy (non-hydrogen) atoms. The third-order valence-electron chi connectivity index (χ3n) is 5.32. The number of carbonyl (C=O) groups excluding carboxylic acids is 1. The van der Waals surface area contributed by atoms with Gasteiger partial charge in [0.25, 0.3) is 0 Å². The number of aromatic nitrogens is 1. The second-order valence-corrected chi connectivity index (χ2v) is 10.2. The lowest BCUT2D eigenvalue weighted by atomic mass is 10.0. The van der Waals surface area contributed by atoms with E-state index in [9.17, 15) is 17.6 Å². The average molecular weight is 458 g/mol. The molecule has 0 fully saturated rings. The van der Waals surface area contributed by atoms with Gasteiger partial charge in [0.2, 0.25) is 9.84 Å². The molecule has 2 heterocycles. The van der Waals surface area contributed by atoms with Crippen molar-refractivity contribution in [1.82, 2.24) is 4.57 Å². The van der Waals surface area contributed by atoms with E-state index < -0.39 is 21.6 Å². The molecular weight excluding hydrogens is 437 g/mol. The maximum Gasteiger partial charge on any atom is 0.325 e. The number of thiophene rings is 1. The Bertz CT molecular complexity index is 1370. The molecule has 8 heteroatoms. The van der Waals surface area contributed by atoms with Crippen LogP contribution in [0.25, 0.3) is 10.9 Å². The maximum atomic E-state index is 14.1. The van der Waals surface area contributed by atoms with Crippen molar-refractivity contribution in [1.29, 1.82) is 0 Å². The van der Waals surface area contributed by atoms with Gasteiger partial charge < -0.3 is 9.30 Å². The summed E-state index contributed by atoms with van der Waals surface area (Å²) < 4.78 is 47.3. The SMILES string of the molecule is COC(=O)Cn1c(C)c(Cc2ccccc2S(=O)(=O)c2cccs2)c2cc(F)ccc21. The van der Waals surface area contributed by atoms with Crippen molar-refractivity contribution in [3.8, 4) is 0 Å². The topological polar surface area (TPSA) is 65.4 Å². The van der Waals surface area contributed by atoms with Gasteiger partial charge in [0, 0.05) is 23.0 Å². The number of hydrogen-bond acceptors (Lipinski definition) is 5. The third-order valence-corrected chi connectivity index (χ3v) is 8.57. The minimum absolute atomic E-state index is 0.0143. The normalized spacial score (nSPS) is 11.7. The second kappa shape index (κ2) is 8.28. The highest BCUT2D eigenvalue weighted by Gasteiger charge is 2.24. The number of benzene rings is 2. The summed E-state index contributed by atoms with van der Waals surface area (Å²) in [7, 11) is -2.36. The fourth-order valence-corrected chi connectivity index (χ4v) is 6.38. The van der Waals surface area contributed by atoms with Crippen molar-refractivity contribution in [2.24, 2.45) is 0 Å². The highest BCUT2D eigenvalue weighted by atomic mass is 32.2. The zero-order valence-electron chi connectivity index (χ0n) is 17.0. The van der Waals surface area contributed by atoms with Crippen LogP contribution < -0.4 is 0 Å². The van der Waals surface area contributed by atoms with Crippen LogP contribution in [0.4, 0.5) is 4.39 Å². The fraction of sp³-hybridized carbons (Fsp3) is 0.174. The van der Waals surface area contributed by atoms with E-state index in [0.717, 1.165) is 11.3 Å². The summed E-state index contributed by atoms with van der Waals surface area (Å²) in [6.07, 6.45) is 0.279. The fourth-order valence-electron chi connectivity index (χ4n) is 3.77. The molecule has 0 aliphatic heterocycles. The number of rotatable bonds is 6. The minimum atomic E-state index is -3.67. The standard InChI is InChI=1S/C23H20FNO4S2/c1-15-18(19-13-17(24)9-10-20(19)25(15)14-22(26)29-2)12-16-6-3-4-7-21(16)31(27,28)23-8-5-11-30-23/h3-11,13H,12,14H2,1-2H3. The largest absolute Gasteiger partial charge is 0.468 e. The number of sulfone groups is 1. The second-order valence-electron chi connectivity index (χ2n) is 7.11. The van der Waals surface area contributed by atoms with Crippen LogP contribution >= 0.6 is 11.3 Å². The molecule has 0 saturated carbocycles. The summed E-state index contributed by atoms with van der Waals surface area (Å²) >= 11 is 1.17. The molecule has 0 N–H and O–H groups in total. The van der Waals surface area contributed by atoms with Crippen molar-refractivity contribution in [3.05, 3.63) is 82.6 Å². The summed E-state index contributed by atoms with van der Waals surface area (Å²) in [6, 6.07) is 14.5. The zero-order chi connectivity index (χ0) is 22.2. The van der Waals surface area contributed by atoms with Crippen LogP contribution in [-0.4, -0.2) is 26.1 Å².